The van der Waals surface area contributed by atoms with Crippen LogP contribution in [0.1, 0.15) is 34.1 Å². The number of hydrogen-bond acceptors (Lipinski definition) is 2. The fourth-order valence-corrected chi connectivity index (χ4v) is 2.22. The van der Waals surface area contributed by atoms with Gasteiger partial charge in [0.25, 0.3) is 5.91 Å². The summed E-state index contributed by atoms with van der Waals surface area (Å²) >= 11 is 0. The molecular weight excluding hydrogens is 262 g/mol. The molecule has 0 saturated carbocycles. The van der Waals surface area contributed by atoms with Crippen LogP contribution < -0.4 is 10.1 Å². The van der Waals surface area contributed by atoms with Gasteiger partial charge in [0.2, 0.25) is 0 Å². The van der Waals surface area contributed by atoms with Crippen LogP contribution in [0.2, 0.25) is 0 Å². The largest absolute Gasteiger partial charge is 0.480 e. The first-order valence-corrected chi connectivity index (χ1v) is 7.37. The van der Waals surface area contributed by atoms with Crippen molar-refractivity contribution in [3.05, 3.63) is 42.5 Å². The first-order chi connectivity index (χ1) is 9.90. The Kier molecular flexibility index (Phi) is 4.51. The van der Waals surface area contributed by atoms with E-state index in [0.717, 1.165) is 16.5 Å². The van der Waals surface area contributed by atoms with Crippen molar-refractivity contribution in [2.24, 2.45) is 0 Å². The van der Waals surface area contributed by atoms with Gasteiger partial charge in [-0.3, -0.25) is 4.79 Å². The van der Waals surface area contributed by atoms with E-state index in [1.54, 1.807) is 0 Å². The minimum absolute atomic E-state index is 0.0714. The van der Waals surface area contributed by atoms with Crippen molar-refractivity contribution in [1.29, 1.82) is 0 Å². The van der Waals surface area contributed by atoms with E-state index < -0.39 is 6.10 Å². The normalized spacial score (nSPS) is 13.0. The number of carbonyl (C=O) groups excluding carboxylic acids is 1. The van der Waals surface area contributed by atoms with E-state index in [1.807, 2.05) is 70.2 Å². The Balaban J connectivity index is 2.23. The van der Waals surface area contributed by atoms with E-state index in [-0.39, 0.29) is 11.4 Å². The third-order valence-corrected chi connectivity index (χ3v) is 3.18. The van der Waals surface area contributed by atoms with Crippen LogP contribution in [-0.2, 0) is 4.79 Å². The van der Waals surface area contributed by atoms with E-state index in [2.05, 4.69) is 5.32 Å². The van der Waals surface area contributed by atoms with Crippen LogP contribution in [0, 0.1) is 0 Å². The lowest BCUT2D eigenvalue weighted by Crippen LogP contribution is -2.47. The van der Waals surface area contributed by atoms with Crippen molar-refractivity contribution in [1.82, 2.24) is 5.32 Å². The summed E-state index contributed by atoms with van der Waals surface area (Å²) in [4.78, 5) is 12.3. The average Bonchev–Trinajstić information content (AvgIpc) is 2.42. The molecule has 112 valence electrons. The highest BCUT2D eigenvalue weighted by Crippen LogP contribution is 2.26. The molecule has 0 unspecified atom stereocenters. The zero-order valence-electron chi connectivity index (χ0n) is 13.1. The zero-order valence-corrected chi connectivity index (χ0v) is 13.1. The third kappa shape index (κ3) is 3.97. The number of nitrogens with one attached hydrogen (secondary N) is 1. The summed E-state index contributed by atoms with van der Waals surface area (Å²) in [5.41, 5.74) is -0.257. The predicted molar refractivity (Wildman–Crippen MR) is 86.6 cm³/mol. The Morgan fingerprint density at radius 3 is 2.48 bits per heavy atom. The summed E-state index contributed by atoms with van der Waals surface area (Å²) in [5, 5.41) is 5.12. The molecular formula is C18H23NO2. The van der Waals surface area contributed by atoms with Gasteiger partial charge in [0, 0.05) is 10.9 Å². The summed E-state index contributed by atoms with van der Waals surface area (Å²) in [6.07, 6.45) is 0.153. The van der Waals surface area contributed by atoms with E-state index in [4.69, 9.17) is 4.74 Å². The molecule has 0 aliphatic heterocycles. The van der Waals surface area contributed by atoms with E-state index >= 15 is 0 Å². The van der Waals surface area contributed by atoms with Crippen molar-refractivity contribution in [3.63, 3.8) is 0 Å². The molecule has 0 aliphatic carbocycles. The maximum atomic E-state index is 12.3. The summed E-state index contributed by atoms with van der Waals surface area (Å²) in [5.74, 6) is 0.682. The Bertz CT molecular complexity index is 623. The van der Waals surface area contributed by atoms with Crippen molar-refractivity contribution >= 4 is 16.7 Å². The molecule has 0 saturated heterocycles. The lowest BCUT2D eigenvalue weighted by Gasteiger charge is -2.25. The lowest BCUT2D eigenvalue weighted by atomic mass is 10.1. The molecule has 21 heavy (non-hydrogen) atoms. The summed E-state index contributed by atoms with van der Waals surface area (Å²) in [7, 11) is 0. The molecule has 2 aromatic rings. The third-order valence-electron chi connectivity index (χ3n) is 3.18. The van der Waals surface area contributed by atoms with E-state index in [9.17, 15) is 4.79 Å². The second-order valence-corrected chi connectivity index (χ2v) is 6.23. The molecule has 0 fully saturated rings. The molecule has 0 bridgehead atoms. The van der Waals surface area contributed by atoms with Crippen LogP contribution in [0.5, 0.6) is 5.75 Å². The van der Waals surface area contributed by atoms with Gasteiger partial charge in [-0.2, -0.15) is 0 Å². The predicted octanol–water partition coefficient (Wildman–Crippen LogP) is 3.91. The average molecular weight is 285 g/mol. The molecule has 3 nitrogen and oxygen atoms in total. The molecule has 0 heterocycles. The zero-order chi connectivity index (χ0) is 15.5. The van der Waals surface area contributed by atoms with Crippen molar-refractivity contribution in [3.8, 4) is 5.75 Å². The molecule has 0 aliphatic rings. The highest BCUT2D eigenvalue weighted by atomic mass is 16.5. The second-order valence-electron chi connectivity index (χ2n) is 6.23. The van der Waals surface area contributed by atoms with Crippen molar-refractivity contribution in [2.45, 2.75) is 45.8 Å². The Hall–Kier alpha value is -2.03. The molecule has 0 aromatic heterocycles. The first-order valence-electron chi connectivity index (χ1n) is 7.37. The van der Waals surface area contributed by atoms with E-state index in [0.29, 0.717) is 6.42 Å². The van der Waals surface area contributed by atoms with Crippen molar-refractivity contribution < 1.29 is 9.53 Å². The number of benzene rings is 2. The second kappa shape index (κ2) is 6.17. The van der Waals surface area contributed by atoms with Crippen molar-refractivity contribution in [2.75, 3.05) is 0 Å². The van der Waals surface area contributed by atoms with Gasteiger partial charge in [0.15, 0.2) is 6.10 Å². The molecule has 2 aromatic carbocycles. The van der Waals surface area contributed by atoms with Gasteiger partial charge in [0.05, 0.1) is 0 Å². The van der Waals surface area contributed by atoms with Gasteiger partial charge >= 0.3 is 0 Å². The van der Waals surface area contributed by atoms with Gasteiger partial charge in [0.1, 0.15) is 5.75 Å². The van der Waals surface area contributed by atoms with Crippen LogP contribution in [0.3, 0.4) is 0 Å². The number of fused-ring (bicyclic) bond motifs is 1. The molecule has 2 rings (SSSR count). The number of rotatable bonds is 4. The fourth-order valence-electron chi connectivity index (χ4n) is 2.22. The lowest BCUT2D eigenvalue weighted by molar-refractivity contribution is -0.129. The summed E-state index contributed by atoms with van der Waals surface area (Å²) < 4.78 is 5.97. The van der Waals surface area contributed by atoms with Crippen LogP contribution in [0.15, 0.2) is 42.5 Å². The number of carbonyl (C=O) groups is 1. The molecule has 1 N–H and O–H groups in total. The van der Waals surface area contributed by atoms with Gasteiger partial charge in [-0.25, -0.2) is 0 Å². The van der Waals surface area contributed by atoms with Gasteiger partial charge < -0.3 is 10.1 Å². The van der Waals surface area contributed by atoms with Gasteiger partial charge in [-0.1, -0.05) is 43.3 Å². The quantitative estimate of drug-likeness (QED) is 0.925. The topological polar surface area (TPSA) is 38.3 Å². The molecule has 0 spiro atoms. The standard InChI is InChI=1S/C18H23NO2/c1-5-15(17(20)19-18(2,3)4)21-16-12-8-10-13-9-6-7-11-14(13)16/h6-12,15H,5H2,1-4H3,(H,19,20)/t15-/m1/s1. The summed E-state index contributed by atoms with van der Waals surface area (Å²) in [6, 6.07) is 13.9. The monoisotopic (exact) mass is 285 g/mol. The SMILES string of the molecule is CC[C@@H](Oc1cccc2ccccc12)C(=O)NC(C)(C)C. The minimum atomic E-state index is -0.477. The maximum Gasteiger partial charge on any atom is 0.261 e. The first kappa shape index (κ1) is 15.4. The maximum absolute atomic E-state index is 12.3. The number of hydrogen-bond donors (Lipinski definition) is 1. The highest BCUT2D eigenvalue weighted by Gasteiger charge is 2.23. The van der Waals surface area contributed by atoms with Crippen LogP contribution in [-0.4, -0.2) is 17.6 Å². The van der Waals surface area contributed by atoms with Crippen LogP contribution >= 0.6 is 0 Å². The Morgan fingerprint density at radius 2 is 1.81 bits per heavy atom. The fraction of sp³-hybridized carbons (Fsp3) is 0.389. The highest BCUT2D eigenvalue weighted by molar-refractivity contribution is 5.89. The molecule has 3 heteroatoms. The molecule has 0 radical (unpaired) electrons. The molecule has 1 atom stereocenters. The Morgan fingerprint density at radius 1 is 1.14 bits per heavy atom. The van der Waals surface area contributed by atoms with Crippen LogP contribution in [0.4, 0.5) is 0 Å². The van der Waals surface area contributed by atoms with Gasteiger partial charge in [-0.05, 0) is 38.6 Å². The van der Waals surface area contributed by atoms with E-state index in [1.165, 1.54) is 0 Å². The number of amides is 1. The minimum Gasteiger partial charge on any atom is -0.480 e. The summed E-state index contributed by atoms with van der Waals surface area (Å²) in [6.45, 7) is 7.86. The smallest absolute Gasteiger partial charge is 0.261 e. The Labute approximate surface area is 126 Å². The van der Waals surface area contributed by atoms with Gasteiger partial charge in [-0.15, -0.1) is 0 Å². The number of ether oxygens (including phenoxy) is 1. The molecule has 1 amide bonds. The van der Waals surface area contributed by atoms with Crippen LogP contribution in [0.25, 0.3) is 10.8 Å².